The average molecular weight is 496 g/mol. The molecule has 0 radical (unpaired) electrons. The molecule has 0 aliphatic carbocycles. The van der Waals surface area contributed by atoms with Gasteiger partial charge >= 0.3 is 0 Å². The highest BCUT2D eigenvalue weighted by molar-refractivity contribution is 6.30. The summed E-state index contributed by atoms with van der Waals surface area (Å²) >= 11 is 6.24. The molecule has 0 bridgehead atoms. The van der Waals surface area contributed by atoms with Crippen LogP contribution in [0, 0.1) is 11.2 Å². The zero-order valence-corrected chi connectivity index (χ0v) is 20.5. The summed E-state index contributed by atoms with van der Waals surface area (Å²) < 4.78 is 21.4. The van der Waals surface area contributed by atoms with Crippen LogP contribution in [0.2, 0.25) is 5.02 Å². The fourth-order valence-corrected chi connectivity index (χ4v) is 3.91. The van der Waals surface area contributed by atoms with Crippen molar-refractivity contribution < 1.29 is 19.0 Å². The quantitative estimate of drug-likeness (QED) is 0.340. The number of halogens is 2. The Morgan fingerprint density at radius 3 is 2.60 bits per heavy atom. The van der Waals surface area contributed by atoms with E-state index in [0.717, 1.165) is 22.2 Å². The Kier molecular flexibility index (Phi) is 7.10. The van der Waals surface area contributed by atoms with Crippen LogP contribution in [0.3, 0.4) is 0 Å². The largest absolute Gasteiger partial charge is 0.484 e. The number of hydrogen-bond acceptors (Lipinski definition) is 4. The molecule has 182 valence electrons. The molecule has 6 nitrogen and oxygen atoms in total. The van der Waals surface area contributed by atoms with Crippen molar-refractivity contribution in [2.45, 2.75) is 32.9 Å². The molecule has 4 rings (SSSR count). The van der Waals surface area contributed by atoms with Gasteiger partial charge < -0.3 is 15.2 Å². The van der Waals surface area contributed by atoms with Crippen LogP contribution in [-0.2, 0) is 4.79 Å². The van der Waals surface area contributed by atoms with Gasteiger partial charge in [0.15, 0.2) is 0 Å². The van der Waals surface area contributed by atoms with Gasteiger partial charge in [-0.2, -0.15) is 5.10 Å². The molecule has 35 heavy (non-hydrogen) atoms. The number of amides is 1. The van der Waals surface area contributed by atoms with Crippen LogP contribution in [0.4, 0.5) is 4.39 Å². The van der Waals surface area contributed by atoms with Gasteiger partial charge in [0.05, 0.1) is 35.5 Å². The van der Waals surface area contributed by atoms with Gasteiger partial charge in [-0.1, -0.05) is 23.7 Å². The van der Waals surface area contributed by atoms with Gasteiger partial charge in [-0.3, -0.25) is 4.79 Å². The molecular weight excluding hydrogens is 469 g/mol. The lowest BCUT2D eigenvalue weighted by atomic mass is 9.92. The third-order valence-electron chi connectivity index (χ3n) is 5.87. The minimum Gasteiger partial charge on any atom is -0.484 e. The highest BCUT2D eigenvalue weighted by Crippen LogP contribution is 2.30. The Balaban J connectivity index is 1.64. The van der Waals surface area contributed by atoms with E-state index in [1.165, 1.54) is 12.1 Å². The molecule has 0 saturated heterocycles. The zero-order valence-electron chi connectivity index (χ0n) is 19.7. The summed E-state index contributed by atoms with van der Waals surface area (Å²) in [5.74, 6) is -0.000606. The molecule has 0 aliphatic heterocycles. The first-order valence-electron chi connectivity index (χ1n) is 11.3. The van der Waals surface area contributed by atoms with Crippen LogP contribution in [0.5, 0.6) is 5.75 Å². The van der Waals surface area contributed by atoms with Crippen LogP contribution in [0.15, 0.2) is 72.9 Å². The van der Waals surface area contributed by atoms with E-state index in [4.69, 9.17) is 16.3 Å². The molecule has 0 saturated carbocycles. The molecule has 8 heteroatoms. The van der Waals surface area contributed by atoms with E-state index in [2.05, 4.69) is 10.4 Å². The van der Waals surface area contributed by atoms with Crippen molar-refractivity contribution in [3.05, 3.63) is 89.3 Å². The first-order valence-corrected chi connectivity index (χ1v) is 11.6. The zero-order chi connectivity index (χ0) is 25.2. The van der Waals surface area contributed by atoms with Crippen LogP contribution < -0.4 is 10.1 Å². The SMILES string of the molecule is CC(NC(=O)C(C)(C)CO)C(Oc1ccc2c(cnn2-c2ccc(F)cc2)c1)c1cccc(Cl)c1. The number of carbonyl (C=O) groups excluding carboxylic acids is 1. The number of aliphatic hydroxyl groups is 1. The Bertz CT molecular complexity index is 1340. The fourth-order valence-electron chi connectivity index (χ4n) is 3.71. The monoisotopic (exact) mass is 495 g/mol. The fraction of sp³-hybridized carbons (Fsp3) is 0.259. The van der Waals surface area contributed by atoms with E-state index in [1.807, 2.05) is 37.3 Å². The lowest BCUT2D eigenvalue weighted by molar-refractivity contribution is -0.132. The van der Waals surface area contributed by atoms with E-state index in [0.29, 0.717) is 10.8 Å². The van der Waals surface area contributed by atoms with Crippen molar-refractivity contribution in [1.29, 1.82) is 0 Å². The number of hydrogen-bond donors (Lipinski definition) is 2. The third-order valence-corrected chi connectivity index (χ3v) is 6.11. The molecule has 1 amide bonds. The van der Waals surface area contributed by atoms with Gasteiger partial charge in [0.2, 0.25) is 5.91 Å². The summed E-state index contributed by atoms with van der Waals surface area (Å²) in [6.07, 6.45) is 1.17. The van der Waals surface area contributed by atoms with Gasteiger partial charge in [0.1, 0.15) is 17.7 Å². The molecule has 4 aromatic rings. The number of aliphatic hydroxyl groups excluding tert-OH is 1. The maximum Gasteiger partial charge on any atom is 0.228 e. The van der Waals surface area contributed by atoms with Crippen LogP contribution >= 0.6 is 11.6 Å². The third kappa shape index (κ3) is 5.47. The molecule has 0 aliphatic rings. The number of rotatable bonds is 8. The summed E-state index contributed by atoms with van der Waals surface area (Å²) in [6.45, 7) is 4.93. The first-order chi connectivity index (χ1) is 16.7. The van der Waals surface area contributed by atoms with Crippen molar-refractivity contribution in [1.82, 2.24) is 15.1 Å². The Morgan fingerprint density at radius 2 is 1.91 bits per heavy atom. The number of benzene rings is 3. The van der Waals surface area contributed by atoms with E-state index < -0.39 is 17.6 Å². The average Bonchev–Trinajstić information content (AvgIpc) is 3.26. The molecule has 2 unspecified atom stereocenters. The summed E-state index contributed by atoms with van der Waals surface area (Å²) in [6, 6.07) is 18.6. The molecule has 3 aromatic carbocycles. The number of ether oxygens (including phenoxy) is 1. The number of fused-ring (bicyclic) bond motifs is 1. The summed E-state index contributed by atoms with van der Waals surface area (Å²) in [5.41, 5.74) is 1.46. The second-order valence-electron chi connectivity index (χ2n) is 9.15. The second-order valence-corrected chi connectivity index (χ2v) is 9.59. The molecule has 2 atom stereocenters. The topological polar surface area (TPSA) is 76.4 Å². The normalized spacial score (nSPS) is 13.4. The van der Waals surface area contributed by atoms with E-state index in [1.54, 1.807) is 49.0 Å². The van der Waals surface area contributed by atoms with Crippen molar-refractivity contribution in [3.63, 3.8) is 0 Å². The lowest BCUT2D eigenvalue weighted by Crippen LogP contribution is -2.46. The summed E-state index contributed by atoms with van der Waals surface area (Å²) in [5, 5.41) is 18.4. The number of carbonyl (C=O) groups is 1. The molecule has 0 fully saturated rings. The maximum atomic E-state index is 13.3. The molecule has 1 aromatic heterocycles. The predicted octanol–water partition coefficient (Wildman–Crippen LogP) is 5.46. The molecule has 0 spiro atoms. The number of nitrogens with one attached hydrogen (secondary N) is 1. The van der Waals surface area contributed by atoms with E-state index in [9.17, 15) is 14.3 Å². The van der Waals surface area contributed by atoms with Crippen LogP contribution in [0.1, 0.15) is 32.4 Å². The Hall–Kier alpha value is -3.42. The summed E-state index contributed by atoms with van der Waals surface area (Å²) in [4.78, 5) is 12.7. The van der Waals surface area contributed by atoms with E-state index in [-0.39, 0.29) is 18.3 Å². The minimum absolute atomic E-state index is 0.275. The maximum absolute atomic E-state index is 13.3. The van der Waals surface area contributed by atoms with Gasteiger partial charge in [-0.25, -0.2) is 9.07 Å². The molecular formula is C27H27ClFN3O3. The van der Waals surface area contributed by atoms with Gasteiger partial charge in [0.25, 0.3) is 0 Å². The highest BCUT2D eigenvalue weighted by atomic mass is 35.5. The Morgan fingerprint density at radius 1 is 1.17 bits per heavy atom. The standard InChI is InChI=1S/C27H27ClFN3O3/c1-17(31-26(34)27(2,3)16-33)25(18-5-4-6-20(28)13-18)35-23-11-12-24-19(14-23)15-30-32(24)22-9-7-21(29)8-10-22/h4-15,17,25,33H,16H2,1-3H3,(H,31,34). The lowest BCUT2D eigenvalue weighted by Gasteiger charge is -2.30. The molecule has 2 N–H and O–H groups in total. The van der Waals surface area contributed by atoms with Crippen LogP contribution in [-0.4, -0.2) is 33.4 Å². The van der Waals surface area contributed by atoms with Gasteiger partial charge in [0, 0.05) is 10.4 Å². The van der Waals surface area contributed by atoms with Crippen LogP contribution in [0.25, 0.3) is 16.6 Å². The summed E-state index contributed by atoms with van der Waals surface area (Å²) in [7, 11) is 0. The second kappa shape index (κ2) is 10.1. The van der Waals surface area contributed by atoms with Crippen molar-refractivity contribution in [2.75, 3.05) is 6.61 Å². The number of nitrogens with zero attached hydrogens (tertiary/aromatic N) is 2. The Labute approximate surface area is 208 Å². The van der Waals surface area contributed by atoms with E-state index >= 15 is 0 Å². The predicted molar refractivity (Wildman–Crippen MR) is 134 cm³/mol. The van der Waals surface area contributed by atoms with Crippen molar-refractivity contribution in [2.24, 2.45) is 5.41 Å². The minimum atomic E-state index is -0.930. The van der Waals surface area contributed by atoms with Gasteiger partial charge in [-0.05, 0) is 80.9 Å². The smallest absolute Gasteiger partial charge is 0.228 e. The molecule has 1 heterocycles. The van der Waals surface area contributed by atoms with Crippen molar-refractivity contribution >= 4 is 28.4 Å². The van der Waals surface area contributed by atoms with Crippen molar-refractivity contribution in [3.8, 4) is 11.4 Å². The van der Waals surface area contributed by atoms with Gasteiger partial charge in [-0.15, -0.1) is 0 Å². The number of aromatic nitrogens is 2. The highest BCUT2D eigenvalue weighted by Gasteiger charge is 2.31. The first kappa shape index (κ1) is 24.7.